The smallest absolute Gasteiger partial charge is 0.310 e. The van der Waals surface area contributed by atoms with Gasteiger partial charge in [0.15, 0.2) is 0 Å². The third-order valence-corrected chi connectivity index (χ3v) is 5.38. The van der Waals surface area contributed by atoms with Gasteiger partial charge in [-0.2, -0.15) is 0 Å². The number of esters is 1. The number of aliphatic hydroxyl groups is 1. The fourth-order valence-electron chi connectivity index (χ4n) is 3.88. The first kappa shape index (κ1) is 23.5. The van der Waals surface area contributed by atoms with Crippen LogP contribution in [0.1, 0.15) is 59.6 Å². The molecular formula is C26H32N2O4. The lowest BCUT2D eigenvalue weighted by Gasteiger charge is -2.20. The van der Waals surface area contributed by atoms with E-state index in [1.165, 1.54) is 0 Å². The zero-order chi connectivity index (χ0) is 23.6. The van der Waals surface area contributed by atoms with Crippen LogP contribution in [0.3, 0.4) is 0 Å². The van der Waals surface area contributed by atoms with Gasteiger partial charge >= 0.3 is 5.97 Å². The summed E-state index contributed by atoms with van der Waals surface area (Å²) in [4.78, 5) is 25.0. The molecule has 2 aromatic carbocycles. The van der Waals surface area contributed by atoms with E-state index < -0.39 is 11.6 Å². The summed E-state index contributed by atoms with van der Waals surface area (Å²) in [5.74, 6) is -0.545. The summed E-state index contributed by atoms with van der Waals surface area (Å²) in [7, 11) is 1.87. The molecule has 1 heterocycles. The van der Waals surface area contributed by atoms with E-state index in [9.17, 15) is 14.7 Å². The standard InChI is InChI=1S/C26H32N2O4/c1-16-11-17(2)20-14-23(28(6)22(20)12-16)25(31)27-21(15-29)19-9-7-18(8-10-19)13-24(30)32-26(3,4)5/h7-12,14,21,29H,13,15H2,1-6H3,(H,27,31). The highest BCUT2D eigenvalue weighted by Crippen LogP contribution is 2.25. The first-order valence-electron chi connectivity index (χ1n) is 10.8. The van der Waals surface area contributed by atoms with E-state index in [1.807, 2.05) is 76.6 Å². The van der Waals surface area contributed by atoms with Crippen LogP contribution in [-0.2, 0) is 23.0 Å². The Morgan fingerprint density at radius 1 is 1.09 bits per heavy atom. The normalized spacial score (nSPS) is 12.6. The lowest BCUT2D eigenvalue weighted by Crippen LogP contribution is -2.32. The average molecular weight is 437 g/mol. The predicted octanol–water partition coefficient (Wildman–Crippen LogP) is 4.14. The van der Waals surface area contributed by atoms with E-state index >= 15 is 0 Å². The molecule has 1 amide bonds. The Kier molecular flexibility index (Phi) is 6.74. The van der Waals surface area contributed by atoms with Crippen molar-refractivity contribution in [1.82, 2.24) is 9.88 Å². The van der Waals surface area contributed by atoms with Crippen LogP contribution in [0, 0.1) is 13.8 Å². The fourth-order valence-corrected chi connectivity index (χ4v) is 3.88. The van der Waals surface area contributed by atoms with Crippen molar-refractivity contribution in [1.29, 1.82) is 0 Å². The van der Waals surface area contributed by atoms with Crippen molar-refractivity contribution in [2.75, 3.05) is 6.61 Å². The molecule has 1 aromatic heterocycles. The van der Waals surface area contributed by atoms with E-state index in [0.717, 1.165) is 33.2 Å². The van der Waals surface area contributed by atoms with Crippen LogP contribution in [0.4, 0.5) is 0 Å². The summed E-state index contributed by atoms with van der Waals surface area (Å²) in [6.45, 7) is 9.33. The molecule has 0 aliphatic heterocycles. The van der Waals surface area contributed by atoms with Crippen LogP contribution in [0.2, 0.25) is 0 Å². The maximum atomic E-state index is 13.0. The minimum absolute atomic E-state index is 0.169. The third-order valence-electron chi connectivity index (χ3n) is 5.38. The SMILES string of the molecule is Cc1cc(C)c2cc(C(=O)NC(CO)c3ccc(CC(=O)OC(C)(C)C)cc3)n(C)c2c1. The van der Waals surface area contributed by atoms with Gasteiger partial charge in [0.2, 0.25) is 0 Å². The highest BCUT2D eigenvalue weighted by atomic mass is 16.6. The molecule has 0 fully saturated rings. The van der Waals surface area contributed by atoms with Crippen LogP contribution < -0.4 is 5.32 Å². The monoisotopic (exact) mass is 436 g/mol. The maximum absolute atomic E-state index is 13.0. The molecule has 1 unspecified atom stereocenters. The van der Waals surface area contributed by atoms with E-state index in [0.29, 0.717) is 5.69 Å². The number of carbonyl (C=O) groups excluding carboxylic acids is 2. The number of aryl methyl sites for hydroxylation is 3. The Morgan fingerprint density at radius 3 is 2.34 bits per heavy atom. The van der Waals surface area contributed by atoms with Gasteiger partial charge in [0.05, 0.1) is 19.1 Å². The topological polar surface area (TPSA) is 80.6 Å². The highest BCUT2D eigenvalue weighted by molar-refractivity contribution is 5.99. The second-order valence-electron chi connectivity index (χ2n) is 9.32. The van der Waals surface area contributed by atoms with Crippen molar-refractivity contribution in [3.63, 3.8) is 0 Å². The van der Waals surface area contributed by atoms with Gasteiger partial charge in [-0.15, -0.1) is 0 Å². The number of aliphatic hydroxyl groups excluding tert-OH is 1. The fraction of sp³-hybridized carbons (Fsp3) is 0.385. The molecule has 3 rings (SSSR count). The second kappa shape index (κ2) is 9.17. The molecule has 0 saturated heterocycles. The number of rotatable bonds is 6. The van der Waals surface area contributed by atoms with Crippen molar-refractivity contribution >= 4 is 22.8 Å². The van der Waals surface area contributed by atoms with Crippen molar-refractivity contribution in [2.24, 2.45) is 7.05 Å². The molecule has 1 atom stereocenters. The number of ether oxygens (including phenoxy) is 1. The second-order valence-corrected chi connectivity index (χ2v) is 9.32. The Labute approximate surface area is 189 Å². The first-order valence-corrected chi connectivity index (χ1v) is 10.8. The molecule has 170 valence electrons. The summed E-state index contributed by atoms with van der Waals surface area (Å²) in [5.41, 5.74) is 4.85. The Bertz CT molecular complexity index is 1140. The highest BCUT2D eigenvalue weighted by Gasteiger charge is 2.20. The van der Waals surface area contributed by atoms with Gasteiger partial charge in [0.1, 0.15) is 11.3 Å². The number of hydrogen-bond acceptors (Lipinski definition) is 4. The molecule has 0 aliphatic carbocycles. The minimum atomic E-state index is -0.557. The van der Waals surface area contributed by atoms with Gasteiger partial charge in [0.25, 0.3) is 5.91 Å². The van der Waals surface area contributed by atoms with Crippen molar-refractivity contribution in [3.8, 4) is 0 Å². The van der Waals surface area contributed by atoms with E-state index in [1.54, 1.807) is 0 Å². The Hall–Kier alpha value is -3.12. The number of fused-ring (bicyclic) bond motifs is 1. The van der Waals surface area contributed by atoms with Gasteiger partial charge < -0.3 is 19.7 Å². The molecule has 0 radical (unpaired) electrons. The summed E-state index contributed by atoms with van der Waals surface area (Å²) in [6.07, 6.45) is 0.169. The quantitative estimate of drug-likeness (QED) is 0.569. The maximum Gasteiger partial charge on any atom is 0.310 e. The van der Waals surface area contributed by atoms with Gasteiger partial charge in [-0.25, -0.2) is 0 Å². The number of amides is 1. The summed E-state index contributed by atoms with van der Waals surface area (Å²) < 4.78 is 7.23. The molecule has 0 bridgehead atoms. The van der Waals surface area contributed by atoms with Crippen molar-refractivity contribution in [3.05, 3.63) is 70.4 Å². The molecule has 32 heavy (non-hydrogen) atoms. The van der Waals surface area contributed by atoms with Crippen molar-refractivity contribution in [2.45, 2.75) is 52.7 Å². The zero-order valence-electron chi connectivity index (χ0n) is 19.7. The lowest BCUT2D eigenvalue weighted by atomic mass is 10.0. The number of nitrogens with one attached hydrogen (secondary N) is 1. The van der Waals surface area contributed by atoms with Crippen LogP contribution in [0.25, 0.3) is 10.9 Å². The van der Waals surface area contributed by atoms with Crippen LogP contribution in [0.5, 0.6) is 0 Å². The zero-order valence-corrected chi connectivity index (χ0v) is 19.7. The largest absolute Gasteiger partial charge is 0.460 e. The Balaban J connectivity index is 1.75. The first-order chi connectivity index (χ1) is 15.0. The number of aromatic nitrogens is 1. The molecule has 0 aliphatic rings. The van der Waals surface area contributed by atoms with Gasteiger partial charge in [-0.1, -0.05) is 30.3 Å². The number of hydrogen-bond donors (Lipinski definition) is 2. The summed E-state index contributed by atoms with van der Waals surface area (Å²) in [5, 5.41) is 13.9. The van der Waals surface area contributed by atoms with E-state index in [4.69, 9.17) is 4.74 Å². The number of nitrogens with zero attached hydrogens (tertiary/aromatic N) is 1. The van der Waals surface area contributed by atoms with Crippen LogP contribution >= 0.6 is 0 Å². The molecule has 6 nitrogen and oxygen atoms in total. The van der Waals surface area contributed by atoms with Crippen LogP contribution in [-0.4, -0.2) is 33.8 Å². The summed E-state index contributed by atoms with van der Waals surface area (Å²) in [6, 6.07) is 12.8. The molecule has 0 saturated carbocycles. The predicted molar refractivity (Wildman–Crippen MR) is 126 cm³/mol. The third kappa shape index (κ3) is 5.37. The van der Waals surface area contributed by atoms with Gasteiger partial charge in [-0.05, 0) is 69.0 Å². The lowest BCUT2D eigenvalue weighted by molar-refractivity contribution is -0.153. The van der Waals surface area contributed by atoms with Gasteiger partial charge in [0, 0.05) is 18.0 Å². The number of benzene rings is 2. The van der Waals surface area contributed by atoms with Gasteiger partial charge in [-0.3, -0.25) is 9.59 Å². The average Bonchev–Trinajstić information content (AvgIpc) is 3.02. The summed E-state index contributed by atoms with van der Waals surface area (Å²) >= 11 is 0. The molecule has 3 aromatic rings. The number of carbonyl (C=O) groups is 2. The van der Waals surface area contributed by atoms with E-state index in [2.05, 4.69) is 17.4 Å². The molecular weight excluding hydrogens is 404 g/mol. The minimum Gasteiger partial charge on any atom is -0.460 e. The molecule has 0 spiro atoms. The molecule has 2 N–H and O–H groups in total. The van der Waals surface area contributed by atoms with Crippen molar-refractivity contribution < 1.29 is 19.4 Å². The Morgan fingerprint density at radius 2 is 1.75 bits per heavy atom. The van der Waals surface area contributed by atoms with E-state index in [-0.39, 0.29) is 24.9 Å². The molecule has 6 heteroatoms. The van der Waals surface area contributed by atoms with Crippen LogP contribution in [0.15, 0.2) is 42.5 Å².